The van der Waals surface area contributed by atoms with Crippen molar-refractivity contribution in [1.82, 2.24) is 4.98 Å². The van der Waals surface area contributed by atoms with Gasteiger partial charge in [-0.1, -0.05) is 23.7 Å². The highest BCUT2D eigenvalue weighted by Crippen LogP contribution is 2.49. The topological polar surface area (TPSA) is 51.2 Å². The van der Waals surface area contributed by atoms with Crippen LogP contribution >= 0.6 is 11.6 Å². The summed E-state index contributed by atoms with van der Waals surface area (Å²) < 4.78 is 6.40. The van der Waals surface area contributed by atoms with Gasteiger partial charge in [-0.3, -0.25) is 9.78 Å². The van der Waals surface area contributed by atoms with E-state index in [1.165, 1.54) is 0 Å². The minimum absolute atomic E-state index is 0.0957. The Morgan fingerprint density at radius 2 is 1.73 bits per heavy atom. The summed E-state index contributed by atoms with van der Waals surface area (Å²) in [5.74, 6) is 2.82. The molecule has 2 unspecified atom stereocenters. The third-order valence-electron chi connectivity index (χ3n) is 6.57. The predicted octanol–water partition coefficient (Wildman–Crippen LogP) is 6.10. The zero-order valence-corrected chi connectivity index (χ0v) is 17.5. The summed E-state index contributed by atoms with van der Waals surface area (Å²) in [4.78, 5) is 16.8. The minimum Gasteiger partial charge on any atom is -0.490 e. The quantitative estimate of drug-likeness (QED) is 0.542. The van der Waals surface area contributed by atoms with Gasteiger partial charge in [0.1, 0.15) is 5.75 Å². The molecule has 2 saturated carbocycles. The number of rotatable bonds is 5. The van der Waals surface area contributed by atoms with Crippen LogP contribution in [0.1, 0.15) is 32.1 Å². The molecule has 1 aromatic heterocycles. The van der Waals surface area contributed by atoms with Crippen molar-refractivity contribution in [3.8, 4) is 5.75 Å². The maximum atomic E-state index is 12.4. The number of anilines is 1. The lowest BCUT2D eigenvalue weighted by molar-refractivity contribution is -0.117. The summed E-state index contributed by atoms with van der Waals surface area (Å²) in [6, 6.07) is 17.4. The van der Waals surface area contributed by atoms with Gasteiger partial charge in [0.05, 0.1) is 11.6 Å². The summed E-state index contributed by atoms with van der Waals surface area (Å²) in [6.07, 6.45) is 7.08. The van der Waals surface area contributed by atoms with Crippen molar-refractivity contribution in [3.05, 3.63) is 65.8 Å². The maximum absolute atomic E-state index is 12.4. The van der Waals surface area contributed by atoms with Crippen molar-refractivity contribution in [2.75, 3.05) is 5.32 Å². The lowest BCUT2D eigenvalue weighted by Gasteiger charge is -2.18. The molecule has 0 spiro atoms. The third kappa shape index (κ3) is 4.15. The van der Waals surface area contributed by atoms with Crippen molar-refractivity contribution in [2.24, 2.45) is 17.8 Å². The van der Waals surface area contributed by atoms with Gasteiger partial charge in [-0.2, -0.15) is 0 Å². The first kappa shape index (κ1) is 19.4. The average molecular weight is 421 g/mol. The van der Waals surface area contributed by atoms with E-state index in [4.69, 9.17) is 16.3 Å². The smallest absolute Gasteiger partial charge is 0.224 e. The van der Waals surface area contributed by atoms with Gasteiger partial charge in [0.2, 0.25) is 5.91 Å². The fourth-order valence-electron chi connectivity index (χ4n) is 5.31. The van der Waals surface area contributed by atoms with Crippen molar-refractivity contribution in [3.63, 3.8) is 0 Å². The molecular weight excluding hydrogens is 396 g/mol. The Kier molecular flexibility index (Phi) is 5.34. The number of carbonyl (C=O) groups is 1. The van der Waals surface area contributed by atoms with Crippen LogP contribution < -0.4 is 10.1 Å². The fourth-order valence-corrected chi connectivity index (χ4v) is 5.43. The Labute approximate surface area is 181 Å². The number of ether oxygens (including phenoxy) is 1. The molecule has 154 valence electrons. The molecule has 2 fully saturated rings. The molecule has 0 saturated heterocycles. The molecule has 30 heavy (non-hydrogen) atoms. The Balaban J connectivity index is 1.14. The number of nitrogens with one attached hydrogen (secondary N) is 1. The van der Waals surface area contributed by atoms with E-state index >= 15 is 0 Å². The molecule has 0 bridgehead atoms. The van der Waals surface area contributed by atoms with Gasteiger partial charge < -0.3 is 10.1 Å². The van der Waals surface area contributed by atoms with E-state index in [2.05, 4.69) is 16.4 Å². The fraction of sp³-hybridized carbons (Fsp3) is 0.360. The van der Waals surface area contributed by atoms with Crippen molar-refractivity contribution in [2.45, 2.75) is 38.2 Å². The molecule has 1 amide bonds. The van der Waals surface area contributed by atoms with Crippen molar-refractivity contribution >= 4 is 34.1 Å². The van der Waals surface area contributed by atoms with Crippen LogP contribution in [0.4, 0.5) is 5.69 Å². The monoisotopic (exact) mass is 420 g/mol. The molecule has 1 N–H and O–H groups in total. The number of carbonyl (C=O) groups excluding carboxylic acids is 1. The SMILES string of the molecule is O=C(CC1C[C@@H]2CC(Oc3ccnc4ccccc34)C[C@@H]2C1)Nc1ccc(Cl)cc1. The normalized spacial score (nSPS) is 25.2. The van der Waals surface area contributed by atoms with Gasteiger partial charge in [-0.25, -0.2) is 0 Å². The molecule has 2 aromatic carbocycles. The number of pyridine rings is 1. The maximum Gasteiger partial charge on any atom is 0.224 e. The number of halogens is 1. The lowest BCUT2D eigenvalue weighted by Crippen LogP contribution is -2.17. The molecular formula is C25H25ClN2O2. The number of amides is 1. The van der Waals surface area contributed by atoms with E-state index in [-0.39, 0.29) is 12.0 Å². The van der Waals surface area contributed by atoms with E-state index in [1.807, 2.05) is 42.6 Å². The molecule has 4 nitrogen and oxygen atoms in total. The van der Waals surface area contributed by atoms with Gasteiger partial charge in [0, 0.05) is 28.7 Å². The molecule has 1 heterocycles. The van der Waals surface area contributed by atoms with Crippen molar-refractivity contribution in [1.29, 1.82) is 0 Å². The predicted molar refractivity (Wildman–Crippen MR) is 120 cm³/mol. The molecule has 4 atom stereocenters. The molecule has 3 aromatic rings. The molecule has 5 heteroatoms. The standard InChI is InChI=1S/C25H25ClN2O2/c26-19-5-7-20(8-6-19)28-25(29)13-16-11-17-14-21(15-18(17)12-16)30-24-9-10-27-23-4-2-1-3-22(23)24/h1-10,16-18,21H,11-15H2,(H,28,29)/t16?,17-,18+,21?. The van der Waals surface area contributed by atoms with Crippen LogP contribution in [0.2, 0.25) is 5.02 Å². The van der Waals surface area contributed by atoms with E-state index in [1.54, 1.807) is 12.1 Å². The summed E-state index contributed by atoms with van der Waals surface area (Å²) in [7, 11) is 0. The number of hydrogen-bond donors (Lipinski definition) is 1. The highest BCUT2D eigenvalue weighted by Gasteiger charge is 2.43. The Morgan fingerprint density at radius 1 is 1.00 bits per heavy atom. The lowest BCUT2D eigenvalue weighted by atomic mass is 9.98. The summed E-state index contributed by atoms with van der Waals surface area (Å²) in [5, 5.41) is 4.74. The third-order valence-corrected chi connectivity index (χ3v) is 6.83. The van der Waals surface area contributed by atoms with Crippen LogP contribution in [0, 0.1) is 17.8 Å². The summed E-state index contributed by atoms with van der Waals surface area (Å²) in [6.45, 7) is 0. The first-order valence-corrected chi connectivity index (χ1v) is 11.1. The Hall–Kier alpha value is -2.59. The van der Waals surface area contributed by atoms with Gasteiger partial charge in [-0.15, -0.1) is 0 Å². The average Bonchev–Trinajstić information content (AvgIpc) is 3.28. The van der Waals surface area contributed by atoms with Gasteiger partial charge in [0.25, 0.3) is 0 Å². The van der Waals surface area contributed by atoms with Crippen LogP contribution in [0.25, 0.3) is 10.9 Å². The van der Waals surface area contributed by atoms with Crippen LogP contribution in [0.5, 0.6) is 5.75 Å². The van der Waals surface area contributed by atoms with Gasteiger partial charge in [0.15, 0.2) is 0 Å². The Morgan fingerprint density at radius 3 is 2.50 bits per heavy atom. The highest BCUT2D eigenvalue weighted by molar-refractivity contribution is 6.30. The highest BCUT2D eigenvalue weighted by atomic mass is 35.5. The molecule has 5 rings (SSSR count). The summed E-state index contributed by atoms with van der Waals surface area (Å²) >= 11 is 5.91. The molecule has 0 radical (unpaired) electrons. The largest absolute Gasteiger partial charge is 0.490 e. The van der Waals surface area contributed by atoms with Crippen LogP contribution in [-0.4, -0.2) is 17.0 Å². The zero-order chi connectivity index (χ0) is 20.5. The first-order chi connectivity index (χ1) is 14.6. The number of aromatic nitrogens is 1. The number of para-hydroxylation sites is 1. The first-order valence-electron chi connectivity index (χ1n) is 10.7. The number of benzene rings is 2. The molecule has 0 aliphatic heterocycles. The Bertz CT molecular complexity index is 1030. The van der Waals surface area contributed by atoms with E-state index in [0.29, 0.717) is 29.2 Å². The number of nitrogens with zero attached hydrogens (tertiary/aromatic N) is 1. The van der Waals surface area contributed by atoms with Gasteiger partial charge >= 0.3 is 0 Å². The zero-order valence-electron chi connectivity index (χ0n) is 16.8. The second kappa shape index (κ2) is 8.27. The van der Waals surface area contributed by atoms with Gasteiger partial charge in [-0.05, 0) is 85.9 Å². The second-order valence-electron chi connectivity index (χ2n) is 8.65. The van der Waals surface area contributed by atoms with Crippen LogP contribution in [-0.2, 0) is 4.79 Å². The van der Waals surface area contributed by atoms with E-state index in [9.17, 15) is 4.79 Å². The number of hydrogen-bond acceptors (Lipinski definition) is 3. The van der Waals surface area contributed by atoms with Crippen molar-refractivity contribution < 1.29 is 9.53 Å². The number of fused-ring (bicyclic) bond motifs is 2. The van der Waals surface area contributed by atoms with E-state index in [0.717, 1.165) is 48.0 Å². The molecule has 2 aliphatic carbocycles. The van der Waals surface area contributed by atoms with E-state index < -0.39 is 0 Å². The van der Waals surface area contributed by atoms with Crippen LogP contribution in [0.15, 0.2) is 60.8 Å². The second-order valence-corrected chi connectivity index (χ2v) is 9.09. The minimum atomic E-state index is 0.0957. The van der Waals surface area contributed by atoms with Crippen LogP contribution in [0.3, 0.4) is 0 Å². The summed E-state index contributed by atoms with van der Waals surface area (Å²) in [5.41, 5.74) is 1.78. The molecule has 2 aliphatic rings.